The van der Waals surface area contributed by atoms with Crippen LogP contribution in [-0.2, 0) is 26.2 Å². The van der Waals surface area contributed by atoms with E-state index < -0.39 is 34.1 Å². The molecule has 0 aliphatic heterocycles. The highest BCUT2D eigenvalue weighted by atomic mass is 32.2. The van der Waals surface area contributed by atoms with Crippen LogP contribution in [0.5, 0.6) is 11.5 Å². The van der Waals surface area contributed by atoms with Gasteiger partial charge in [-0.2, -0.15) is 0 Å². The number of rotatable bonds is 12. The van der Waals surface area contributed by atoms with Crippen molar-refractivity contribution in [2.24, 2.45) is 0 Å². The Kier molecular flexibility index (Phi) is 10.7. The molecule has 0 bridgehead atoms. The second-order valence-electron chi connectivity index (χ2n) is 11.9. The Bertz CT molecular complexity index is 1670. The van der Waals surface area contributed by atoms with Crippen molar-refractivity contribution in [1.29, 1.82) is 0 Å². The van der Waals surface area contributed by atoms with E-state index >= 15 is 0 Å². The van der Waals surface area contributed by atoms with Gasteiger partial charge in [0.2, 0.25) is 11.8 Å². The van der Waals surface area contributed by atoms with Crippen molar-refractivity contribution >= 4 is 27.5 Å². The van der Waals surface area contributed by atoms with Crippen LogP contribution < -0.4 is 14.4 Å². The molecule has 0 fully saturated rings. The molecule has 9 heteroatoms. The van der Waals surface area contributed by atoms with Crippen LogP contribution in [0.25, 0.3) is 0 Å². The van der Waals surface area contributed by atoms with Crippen LogP contribution in [0.2, 0.25) is 0 Å². The van der Waals surface area contributed by atoms with Crippen LogP contribution in [0, 0.1) is 6.92 Å². The standard InChI is InChI=1S/C36H41N3O5S/c1-6-33(35(41)37-36(3,4)5)38(25-28-13-9-7-10-14-28)34(40)26-39(45(42,43)32-23-17-27(2)18-24-32)29-19-21-31(22-20-29)44-30-15-11-8-12-16-30/h7-24,33H,6,25-26H2,1-5H3,(H,37,41)/t33-/m0/s1. The Hall–Kier alpha value is -4.63. The van der Waals surface area contributed by atoms with Crippen molar-refractivity contribution in [3.63, 3.8) is 0 Å². The number of nitrogens with zero attached hydrogens (tertiary/aromatic N) is 2. The summed E-state index contributed by atoms with van der Waals surface area (Å²) < 4.78 is 35.3. The lowest BCUT2D eigenvalue weighted by Crippen LogP contribution is -2.55. The molecule has 0 saturated carbocycles. The van der Waals surface area contributed by atoms with Crippen molar-refractivity contribution < 1.29 is 22.7 Å². The van der Waals surface area contributed by atoms with Crippen molar-refractivity contribution in [2.75, 3.05) is 10.8 Å². The molecule has 0 saturated heterocycles. The van der Waals surface area contributed by atoms with Gasteiger partial charge in [0, 0.05) is 12.1 Å². The Labute approximate surface area is 266 Å². The minimum Gasteiger partial charge on any atom is -0.457 e. The zero-order chi connectivity index (χ0) is 32.6. The average molecular weight is 628 g/mol. The van der Waals surface area contributed by atoms with E-state index in [1.165, 1.54) is 17.0 Å². The van der Waals surface area contributed by atoms with Crippen LogP contribution in [0.4, 0.5) is 5.69 Å². The van der Waals surface area contributed by atoms with Gasteiger partial charge in [0.25, 0.3) is 10.0 Å². The van der Waals surface area contributed by atoms with Gasteiger partial charge < -0.3 is 15.0 Å². The number of para-hydroxylation sites is 1. The zero-order valence-electron chi connectivity index (χ0n) is 26.4. The van der Waals surface area contributed by atoms with Gasteiger partial charge >= 0.3 is 0 Å². The molecule has 2 amide bonds. The van der Waals surface area contributed by atoms with Crippen LogP contribution in [0.15, 0.2) is 114 Å². The van der Waals surface area contributed by atoms with Gasteiger partial charge in [0.05, 0.1) is 10.6 Å². The van der Waals surface area contributed by atoms with E-state index in [1.807, 2.05) is 95.3 Å². The number of nitrogens with one attached hydrogen (secondary N) is 1. The van der Waals surface area contributed by atoms with E-state index in [4.69, 9.17) is 4.74 Å². The molecule has 4 aromatic rings. The second-order valence-corrected chi connectivity index (χ2v) is 13.8. The fourth-order valence-electron chi connectivity index (χ4n) is 4.82. The fraction of sp³-hybridized carbons (Fsp3) is 0.278. The van der Waals surface area contributed by atoms with Crippen LogP contribution in [0.3, 0.4) is 0 Å². The number of hydrogen-bond donors (Lipinski definition) is 1. The number of aryl methyl sites for hydroxylation is 1. The summed E-state index contributed by atoms with van der Waals surface area (Å²) in [4.78, 5) is 29.3. The fourth-order valence-corrected chi connectivity index (χ4v) is 6.24. The monoisotopic (exact) mass is 627 g/mol. The van der Waals surface area contributed by atoms with E-state index in [0.717, 1.165) is 15.4 Å². The largest absolute Gasteiger partial charge is 0.457 e. The molecule has 0 aliphatic rings. The molecule has 236 valence electrons. The number of sulfonamides is 1. The van der Waals surface area contributed by atoms with Gasteiger partial charge in [0.1, 0.15) is 24.1 Å². The molecule has 0 spiro atoms. The SMILES string of the molecule is CC[C@@H](C(=O)NC(C)(C)C)N(Cc1ccccc1)C(=O)CN(c1ccc(Oc2ccccc2)cc1)S(=O)(=O)c1ccc(C)cc1. The molecule has 4 aromatic carbocycles. The first-order valence-corrected chi connectivity index (χ1v) is 16.4. The number of hydrogen-bond acceptors (Lipinski definition) is 5. The van der Waals surface area contributed by atoms with Gasteiger partial charge in [0.15, 0.2) is 0 Å². The topological polar surface area (TPSA) is 96.0 Å². The normalized spacial score (nSPS) is 12.2. The Morgan fingerprint density at radius 2 is 1.36 bits per heavy atom. The van der Waals surface area contributed by atoms with E-state index in [0.29, 0.717) is 17.9 Å². The summed E-state index contributed by atoms with van der Waals surface area (Å²) in [6.45, 7) is 8.97. The molecule has 0 unspecified atom stereocenters. The Morgan fingerprint density at radius 1 is 0.800 bits per heavy atom. The predicted molar refractivity (Wildman–Crippen MR) is 178 cm³/mol. The number of anilines is 1. The lowest BCUT2D eigenvalue weighted by atomic mass is 10.1. The molecule has 0 aliphatic carbocycles. The van der Waals surface area contributed by atoms with Crippen LogP contribution in [0.1, 0.15) is 45.2 Å². The van der Waals surface area contributed by atoms with Gasteiger partial charge in [-0.3, -0.25) is 13.9 Å². The van der Waals surface area contributed by atoms with Gasteiger partial charge in [-0.1, -0.05) is 73.2 Å². The lowest BCUT2D eigenvalue weighted by Gasteiger charge is -2.34. The molecular weight excluding hydrogens is 586 g/mol. The molecule has 1 atom stereocenters. The minimum absolute atomic E-state index is 0.0534. The highest BCUT2D eigenvalue weighted by Gasteiger charge is 2.34. The summed E-state index contributed by atoms with van der Waals surface area (Å²) in [7, 11) is -4.18. The van der Waals surface area contributed by atoms with Gasteiger partial charge in [-0.15, -0.1) is 0 Å². The average Bonchev–Trinajstić information content (AvgIpc) is 3.00. The molecule has 0 aromatic heterocycles. The zero-order valence-corrected chi connectivity index (χ0v) is 27.3. The summed E-state index contributed by atoms with van der Waals surface area (Å²) in [5.74, 6) is 0.347. The first-order valence-electron chi connectivity index (χ1n) is 14.9. The summed E-state index contributed by atoms with van der Waals surface area (Å²) in [5.41, 5.74) is 1.50. The van der Waals surface area contributed by atoms with Gasteiger partial charge in [-0.25, -0.2) is 8.42 Å². The molecule has 0 heterocycles. The van der Waals surface area contributed by atoms with E-state index in [2.05, 4.69) is 5.32 Å². The summed E-state index contributed by atoms with van der Waals surface area (Å²) in [6.07, 6.45) is 0.344. The van der Waals surface area contributed by atoms with E-state index in [9.17, 15) is 18.0 Å². The number of amides is 2. The van der Waals surface area contributed by atoms with Crippen molar-refractivity contribution in [3.05, 3.63) is 120 Å². The third-order valence-corrected chi connectivity index (χ3v) is 8.86. The summed E-state index contributed by atoms with van der Waals surface area (Å²) in [6, 6.07) is 30.8. The van der Waals surface area contributed by atoms with Gasteiger partial charge in [-0.05, 0) is 88.2 Å². The first kappa shape index (κ1) is 33.3. The van der Waals surface area contributed by atoms with Crippen molar-refractivity contribution in [3.8, 4) is 11.5 Å². The highest BCUT2D eigenvalue weighted by Crippen LogP contribution is 2.29. The van der Waals surface area contributed by atoms with Crippen molar-refractivity contribution in [2.45, 2.75) is 64.1 Å². The first-order chi connectivity index (χ1) is 21.4. The number of carbonyl (C=O) groups excluding carboxylic acids is 2. The summed E-state index contributed by atoms with van der Waals surface area (Å²) >= 11 is 0. The maximum atomic E-state index is 14.3. The number of ether oxygens (including phenoxy) is 1. The Morgan fingerprint density at radius 3 is 1.91 bits per heavy atom. The molecule has 4 rings (SSSR count). The number of benzene rings is 4. The quantitative estimate of drug-likeness (QED) is 0.189. The predicted octanol–water partition coefficient (Wildman–Crippen LogP) is 6.70. The third kappa shape index (κ3) is 8.95. The minimum atomic E-state index is -4.18. The molecule has 1 N–H and O–H groups in total. The maximum absolute atomic E-state index is 14.3. The molecular formula is C36H41N3O5S. The maximum Gasteiger partial charge on any atom is 0.264 e. The third-order valence-electron chi connectivity index (χ3n) is 7.07. The highest BCUT2D eigenvalue weighted by molar-refractivity contribution is 7.92. The summed E-state index contributed by atoms with van der Waals surface area (Å²) in [5, 5.41) is 2.99. The van der Waals surface area contributed by atoms with Crippen LogP contribution >= 0.6 is 0 Å². The molecule has 8 nitrogen and oxygen atoms in total. The molecule has 45 heavy (non-hydrogen) atoms. The van der Waals surface area contributed by atoms with Crippen molar-refractivity contribution in [1.82, 2.24) is 10.2 Å². The lowest BCUT2D eigenvalue weighted by molar-refractivity contribution is -0.141. The number of carbonyl (C=O) groups is 2. The molecule has 0 radical (unpaired) electrons. The van der Waals surface area contributed by atoms with E-state index in [1.54, 1.807) is 36.4 Å². The Balaban J connectivity index is 1.72. The second kappa shape index (κ2) is 14.4. The van der Waals surface area contributed by atoms with E-state index in [-0.39, 0.29) is 23.0 Å². The van der Waals surface area contributed by atoms with Crippen LogP contribution in [-0.4, -0.2) is 43.3 Å². The smallest absolute Gasteiger partial charge is 0.264 e.